The van der Waals surface area contributed by atoms with Gasteiger partial charge in [0.2, 0.25) is 0 Å². The van der Waals surface area contributed by atoms with E-state index < -0.39 is 11.8 Å². The van der Waals surface area contributed by atoms with Crippen LogP contribution in [-0.2, 0) is 4.74 Å². The number of anilines is 3. The zero-order valence-electron chi connectivity index (χ0n) is 24.7. The molecule has 44 heavy (non-hydrogen) atoms. The Morgan fingerprint density at radius 3 is 2.39 bits per heavy atom. The van der Waals surface area contributed by atoms with Crippen LogP contribution in [0.3, 0.4) is 0 Å². The highest BCUT2D eigenvalue weighted by molar-refractivity contribution is 6.01. The van der Waals surface area contributed by atoms with E-state index in [1.165, 1.54) is 23.2 Å². The molecule has 1 saturated heterocycles. The van der Waals surface area contributed by atoms with Crippen LogP contribution in [0.1, 0.15) is 21.8 Å². The monoisotopic (exact) mass is 596 g/mol. The summed E-state index contributed by atoms with van der Waals surface area (Å²) in [7, 11) is 4.98. The lowest BCUT2D eigenvalue weighted by Crippen LogP contribution is -2.37. The molecule has 1 aromatic heterocycles. The fourth-order valence-electron chi connectivity index (χ4n) is 4.88. The first-order chi connectivity index (χ1) is 21.3. The van der Waals surface area contributed by atoms with Crippen molar-refractivity contribution < 1.29 is 18.7 Å². The molecule has 1 atom stereocenters. The maximum Gasteiger partial charge on any atom is 0.323 e. The van der Waals surface area contributed by atoms with Crippen molar-refractivity contribution in [3.8, 4) is 11.4 Å². The van der Waals surface area contributed by atoms with Crippen LogP contribution in [-0.4, -0.2) is 86.7 Å². The normalized spacial score (nSPS) is 14.0. The average Bonchev–Trinajstić information content (AvgIpc) is 3.03. The minimum absolute atomic E-state index is 0.147. The molecule has 3 N–H and O–H groups in total. The van der Waals surface area contributed by atoms with Gasteiger partial charge in [0.1, 0.15) is 11.6 Å². The number of carbonyl (C=O) groups is 2. The van der Waals surface area contributed by atoms with Gasteiger partial charge in [-0.05, 0) is 60.2 Å². The molecule has 4 aromatic rings. The number of amides is 3. The van der Waals surface area contributed by atoms with Crippen molar-refractivity contribution in [1.82, 2.24) is 14.9 Å². The van der Waals surface area contributed by atoms with Crippen molar-refractivity contribution in [2.45, 2.75) is 5.92 Å². The summed E-state index contributed by atoms with van der Waals surface area (Å²) in [5.74, 6) is -0.192. The quantitative estimate of drug-likeness (QED) is 0.244. The first-order valence-corrected chi connectivity index (χ1v) is 14.0. The summed E-state index contributed by atoms with van der Waals surface area (Å²) in [5, 5.41) is 13.9. The topological polar surface area (TPSA) is 136 Å². The summed E-state index contributed by atoms with van der Waals surface area (Å²) in [6, 6.07) is 16.0. The van der Waals surface area contributed by atoms with Crippen molar-refractivity contribution in [2.75, 3.05) is 63.0 Å². The molecule has 1 fully saturated rings. The second kappa shape index (κ2) is 13.4. The number of nitrogens with one attached hydrogen (secondary N) is 3. The number of halogens is 1. The van der Waals surface area contributed by atoms with E-state index >= 15 is 4.39 Å². The lowest BCUT2D eigenvalue weighted by molar-refractivity contribution is 0.0827. The van der Waals surface area contributed by atoms with Crippen molar-refractivity contribution in [2.24, 2.45) is 4.99 Å². The number of aromatic nitrogens is 2. The molecule has 0 saturated carbocycles. The summed E-state index contributed by atoms with van der Waals surface area (Å²) in [5.41, 5.74) is 2.84. The van der Waals surface area contributed by atoms with E-state index in [0.29, 0.717) is 48.9 Å². The van der Waals surface area contributed by atoms with Gasteiger partial charge in [-0.2, -0.15) is 0 Å². The van der Waals surface area contributed by atoms with Crippen LogP contribution in [0.25, 0.3) is 22.3 Å². The zero-order chi connectivity index (χ0) is 31.2. The number of aliphatic imine (C=N–C) groups is 1. The van der Waals surface area contributed by atoms with Gasteiger partial charge in [0.05, 0.1) is 30.2 Å². The van der Waals surface area contributed by atoms with Crippen LogP contribution in [0.15, 0.2) is 65.7 Å². The number of rotatable bonds is 8. The minimum Gasteiger partial charge on any atom is -0.378 e. The Kier molecular flexibility index (Phi) is 9.20. The number of urea groups is 1. The van der Waals surface area contributed by atoms with Gasteiger partial charge in [-0.25, -0.2) is 19.2 Å². The summed E-state index contributed by atoms with van der Waals surface area (Å²) < 4.78 is 21.1. The van der Waals surface area contributed by atoms with E-state index in [4.69, 9.17) is 20.1 Å². The van der Waals surface area contributed by atoms with E-state index in [1.54, 1.807) is 57.7 Å². The van der Waals surface area contributed by atoms with E-state index in [2.05, 4.69) is 20.5 Å². The molecular formula is C32H33FN8O3. The first-order valence-electron chi connectivity index (χ1n) is 14.0. The molecular weight excluding hydrogens is 563 g/mol. The predicted octanol–water partition coefficient (Wildman–Crippen LogP) is 5.05. The summed E-state index contributed by atoms with van der Waals surface area (Å²) in [6.07, 6.45) is 2.99. The van der Waals surface area contributed by atoms with Crippen molar-refractivity contribution >= 4 is 52.5 Å². The molecule has 11 nitrogen and oxygen atoms in total. The van der Waals surface area contributed by atoms with Gasteiger partial charge < -0.3 is 30.6 Å². The number of ether oxygens (including phenoxy) is 1. The van der Waals surface area contributed by atoms with Crippen LogP contribution in [0.4, 0.5) is 26.4 Å². The highest BCUT2D eigenvalue weighted by Crippen LogP contribution is 2.32. The number of fused-ring (bicyclic) bond motifs is 1. The van der Waals surface area contributed by atoms with Crippen molar-refractivity contribution in [1.29, 1.82) is 5.41 Å². The molecule has 1 aliphatic rings. The van der Waals surface area contributed by atoms with E-state index in [0.717, 1.165) is 10.9 Å². The fourth-order valence-corrected chi connectivity index (χ4v) is 4.88. The fraction of sp³-hybridized carbons (Fsp3) is 0.250. The molecule has 0 spiro atoms. The third-order valence-corrected chi connectivity index (χ3v) is 7.15. The maximum atomic E-state index is 15.6. The molecule has 0 radical (unpaired) electrons. The predicted molar refractivity (Wildman–Crippen MR) is 171 cm³/mol. The highest BCUT2D eigenvalue weighted by atomic mass is 19.1. The number of carbonyl (C=O) groups excluding carboxylic acids is 2. The van der Waals surface area contributed by atoms with E-state index in [9.17, 15) is 9.59 Å². The number of hydrogen-bond donors (Lipinski definition) is 3. The average molecular weight is 597 g/mol. The minimum atomic E-state index is -0.603. The van der Waals surface area contributed by atoms with Crippen molar-refractivity contribution in [3.63, 3.8) is 0 Å². The Morgan fingerprint density at radius 1 is 1.02 bits per heavy atom. The molecule has 12 heteroatoms. The third kappa shape index (κ3) is 6.70. The molecule has 0 aliphatic carbocycles. The lowest BCUT2D eigenvalue weighted by atomic mass is 9.99. The SMILES string of the molecule is CN=CC(C=N)c1ccc2c(N3CCOCC3)nc(-c3ccc(NC(=O)Nc4ccc(C(=O)N(C)C)cc4)cc3F)nc2c1. The van der Waals surface area contributed by atoms with Crippen LogP contribution < -0.4 is 15.5 Å². The van der Waals surface area contributed by atoms with E-state index in [1.807, 2.05) is 18.2 Å². The lowest BCUT2D eigenvalue weighted by Gasteiger charge is -2.29. The number of hydrogen-bond acceptors (Lipinski definition) is 8. The van der Waals surface area contributed by atoms with E-state index in [-0.39, 0.29) is 28.9 Å². The molecule has 1 unspecified atom stereocenters. The second-order valence-electron chi connectivity index (χ2n) is 10.4. The Morgan fingerprint density at radius 2 is 1.73 bits per heavy atom. The number of benzene rings is 3. The summed E-state index contributed by atoms with van der Waals surface area (Å²) >= 11 is 0. The van der Waals surface area contributed by atoms with Crippen LogP contribution in [0, 0.1) is 11.2 Å². The Balaban J connectivity index is 1.41. The van der Waals surface area contributed by atoms with Gasteiger partial charge in [0, 0.05) is 69.0 Å². The molecule has 226 valence electrons. The second-order valence-corrected chi connectivity index (χ2v) is 10.4. The van der Waals surface area contributed by atoms with Gasteiger partial charge >= 0.3 is 6.03 Å². The molecule has 5 rings (SSSR count). The number of nitrogens with zero attached hydrogens (tertiary/aromatic N) is 5. The smallest absolute Gasteiger partial charge is 0.323 e. The van der Waals surface area contributed by atoms with Gasteiger partial charge in [-0.15, -0.1) is 0 Å². The van der Waals surface area contributed by atoms with Gasteiger partial charge in [-0.3, -0.25) is 9.79 Å². The molecule has 1 aliphatic heterocycles. The Bertz CT molecular complexity index is 1720. The van der Waals surface area contributed by atoms with Crippen molar-refractivity contribution in [3.05, 3.63) is 77.6 Å². The summed E-state index contributed by atoms with van der Waals surface area (Å²) in [4.78, 5) is 41.8. The largest absolute Gasteiger partial charge is 0.378 e. The molecule has 0 bridgehead atoms. The van der Waals surface area contributed by atoms with Crippen LogP contribution >= 0.6 is 0 Å². The molecule has 3 aromatic carbocycles. The first kappa shape index (κ1) is 30.2. The van der Waals surface area contributed by atoms with Gasteiger partial charge in [0.15, 0.2) is 5.82 Å². The standard InChI is InChI=1S/C32H33FN8O3/c1-35-19-22(18-34)21-6-10-26-28(16-21)38-29(39-30(26)41-12-14-44-15-13-41)25-11-9-24(17-27(25)33)37-32(43)36-23-7-4-20(5-8-23)31(42)40(2)3/h4-11,16-19,22,34H,12-15H2,1-3H3,(H2,36,37,43). The van der Waals surface area contributed by atoms with Crippen LogP contribution in [0.5, 0.6) is 0 Å². The Hall–Kier alpha value is -5.23. The summed E-state index contributed by atoms with van der Waals surface area (Å²) in [6.45, 7) is 2.37. The third-order valence-electron chi connectivity index (χ3n) is 7.15. The number of morpholine rings is 1. The maximum absolute atomic E-state index is 15.6. The van der Waals surface area contributed by atoms with Gasteiger partial charge in [0.25, 0.3) is 5.91 Å². The Labute approximate surface area is 254 Å². The molecule has 2 heterocycles. The highest BCUT2D eigenvalue weighted by Gasteiger charge is 2.21. The molecule has 3 amide bonds. The zero-order valence-corrected chi connectivity index (χ0v) is 24.7. The van der Waals surface area contributed by atoms with Gasteiger partial charge in [-0.1, -0.05) is 6.07 Å². The van der Waals surface area contributed by atoms with Crippen LogP contribution in [0.2, 0.25) is 0 Å².